The summed E-state index contributed by atoms with van der Waals surface area (Å²) in [7, 11) is 0. The van der Waals surface area contributed by atoms with E-state index in [1.54, 1.807) is 6.21 Å². The number of hydrogen-bond acceptors (Lipinski definition) is 2. The van der Waals surface area contributed by atoms with Crippen LogP contribution in [0.25, 0.3) is 5.43 Å². The summed E-state index contributed by atoms with van der Waals surface area (Å²) in [6.07, 6.45) is 2.64. The maximum atomic E-state index is 4.27. The summed E-state index contributed by atoms with van der Waals surface area (Å²) >= 11 is 4.14. The molecule has 17 heavy (non-hydrogen) atoms. The molecule has 1 aromatic rings. The van der Waals surface area contributed by atoms with Gasteiger partial charge in [0.25, 0.3) is 0 Å². The van der Waals surface area contributed by atoms with Crippen molar-refractivity contribution >= 4 is 23.5 Å². The molecular formula is C11H16CuN4S+2. The third-order valence-electron chi connectivity index (χ3n) is 1.79. The SMILES string of the molecule is CCCNC(=[SH+])[N-]N=Cc1cccc(C)n1.[Cu+2]. The number of thiol groups is 1. The zero-order valence-corrected chi connectivity index (χ0v) is 11.7. The van der Waals surface area contributed by atoms with Gasteiger partial charge in [0.2, 0.25) is 0 Å². The molecule has 1 heterocycles. The molecule has 0 saturated carbocycles. The molecule has 0 aliphatic rings. The molecule has 0 aliphatic carbocycles. The van der Waals surface area contributed by atoms with Gasteiger partial charge in [0.05, 0.1) is 5.69 Å². The minimum atomic E-state index is 0. The summed E-state index contributed by atoms with van der Waals surface area (Å²) in [5.74, 6) is 0. The minimum Gasteiger partial charge on any atom is -0.515 e. The van der Waals surface area contributed by atoms with Crippen LogP contribution in [0.5, 0.6) is 0 Å². The number of nitrogens with zero attached hydrogens (tertiary/aromatic N) is 3. The van der Waals surface area contributed by atoms with E-state index in [-0.39, 0.29) is 17.1 Å². The van der Waals surface area contributed by atoms with Crippen molar-refractivity contribution in [3.63, 3.8) is 0 Å². The second-order valence-electron chi connectivity index (χ2n) is 3.30. The van der Waals surface area contributed by atoms with Gasteiger partial charge in [-0.25, -0.2) is 0 Å². The Hall–Kier alpha value is -0.811. The first-order valence-electron chi connectivity index (χ1n) is 5.20. The fourth-order valence-electron chi connectivity index (χ4n) is 1.05. The van der Waals surface area contributed by atoms with Crippen molar-refractivity contribution in [1.82, 2.24) is 10.3 Å². The maximum absolute atomic E-state index is 4.27. The van der Waals surface area contributed by atoms with Gasteiger partial charge in [-0.2, -0.15) is 0 Å². The first kappa shape index (κ1) is 16.2. The van der Waals surface area contributed by atoms with Crippen molar-refractivity contribution in [2.45, 2.75) is 20.3 Å². The van der Waals surface area contributed by atoms with E-state index in [1.807, 2.05) is 25.1 Å². The topological polar surface area (TPSA) is 51.4 Å². The van der Waals surface area contributed by atoms with Crippen LogP contribution >= 0.6 is 0 Å². The third kappa shape index (κ3) is 7.18. The van der Waals surface area contributed by atoms with Gasteiger partial charge in [0.15, 0.2) is 17.3 Å². The fraction of sp³-hybridized carbons (Fsp3) is 0.364. The van der Waals surface area contributed by atoms with Crippen LogP contribution in [-0.2, 0) is 29.3 Å². The summed E-state index contributed by atoms with van der Waals surface area (Å²) in [5.41, 5.74) is 5.64. The molecular weight excluding hydrogens is 284 g/mol. The number of pyridine rings is 1. The zero-order valence-electron chi connectivity index (χ0n) is 9.81. The van der Waals surface area contributed by atoms with E-state index in [2.05, 4.69) is 40.0 Å². The van der Waals surface area contributed by atoms with Crippen LogP contribution in [0.3, 0.4) is 0 Å². The van der Waals surface area contributed by atoms with E-state index in [0.717, 1.165) is 24.4 Å². The van der Waals surface area contributed by atoms with Gasteiger partial charge < -0.3 is 10.5 Å². The van der Waals surface area contributed by atoms with Crippen molar-refractivity contribution in [3.05, 3.63) is 35.0 Å². The molecule has 6 heteroatoms. The molecule has 0 amide bonds. The molecule has 1 rings (SSSR count). The molecule has 0 atom stereocenters. The van der Waals surface area contributed by atoms with E-state index in [1.165, 1.54) is 0 Å². The summed E-state index contributed by atoms with van der Waals surface area (Å²) in [6.45, 7) is 4.86. The molecule has 0 fully saturated rings. The standard InChI is InChI=1S/C11H16N4S.Cu/c1-3-7-12-11(16)15-13-8-10-6-4-5-9(2)14-10;/h4-6,8H,3,7H2,1-2H3,(H2,12,14,15,16);/q;+2. The monoisotopic (exact) mass is 299 g/mol. The van der Waals surface area contributed by atoms with Gasteiger partial charge in [-0.05, 0) is 25.5 Å². The summed E-state index contributed by atoms with van der Waals surface area (Å²) < 4.78 is 0. The van der Waals surface area contributed by atoms with E-state index < -0.39 is 0 Å². The van der Waals surface area contributed by atoms with Crippen LogP contribution in [0.1, 0.15) is 24.7 Å². The Morgan fingerprint density at radius 2 is 2.35 bits per heavy atom. The Bertz CT molecular complexity index is 381. The molecule has 0 bridgehead atoms. The van der Waals surface area contributed by atoms with Gasteiger partial charge in [0, 0.05) is 18.5 Å². The van der Waals surface area contributed by atoms with Crippen molar-refractivity contribution in [3.8, 4) is 0 Å². The molecule has 0 unspecified atom stereocenters. The number of aromatic nitrogens is 1. The first-order chi connectivity index (χ1) is 7.72. The van der Waals surface area contributed by atoms with E-state index in [9.17, 15) is 0 Å². The molecule has 4 nitrogen and oxygen atoms in total. The van der Waals surface area contributed by atoms with Gasteiger partial charge in [-0.15, -0.1) is 0 Å². The van der Waals surface area contributed by atoms with Crippen LogP contribution in [0, 0.1) is 6.92 Å². The van der Waals surface area contributed by atoms with E-state index in [0.29, 0.717) is 5.11 Å². The third-order valence-corrected chi connectivity index (χ3v) is 2.03. The summed E-state index contributed by atoms with van der Waals surface area (Å²) in [5, 5.41) is 7.43. The normalized spacial score (nSPS) is 10.0. The minimum absolute atomic E-state index is 0. The molecule has 0 aliphatic heterocycles. The average molecular weight is 300 g/mol. The van der Waals surface area contributed by atoms with Gasteiger partial charge in [0.1, 0.15) is 0 Å². The fourth-order valence-corrected chi connectivity index (χ4v) is 1.21. The maximum Gasteiger partial charge on any atom is 2.00 e. The van der Waals surface area contributed by atoms with Crippen LogP contribution in [0.2, 0.25) is 0 Å². The van der Waals surface area contributed by atoms with Crippen molar-refractivity contribution < 1.29 is 17.1 Å². The van der Waals surface area contributed by atoms with Gasteiger partial charge in [-0.1, -0.05) is 13.0 Å². The average Bonchev–Trinajstić information content (AvgIpc) is 2.26. The number of rotatable bonds is 4. The zero-order chi connectivity index (χ0) is 11.8. The van der Waals surface area contributed by atoms with Crippen molar-refractivity contribution in [1.29, 1.82) is 0 Å². The molecule has 0 spiro atoms. The molecule has 1 aromatic heterocycles. The second-order valence-corrected chi connectivity index (χ2v) is 3.72. The van der Waals surface area contributed by atoms with Crippen molar-refractivity contribution in [2.75, 3.05) is 6.54 Å². The largest absolute Gasteiger partial charge is 2.00 e. The molecule has 0 aromatic carbocycles. The van der Waals surface area contributed by atoms with E-state index in [4.69, 9.17) is 0 Å². The smallest absolute Gasteiger partial charge is 0.515 e. The van der Waals surface area contributed by atoms with Crippen molar-refractivity contribution in [2.24, 2.45) is 5.10 Å². The van der Waals surface area contributed by atoms with Crippen LogP contribution in [0.4, 0.5) is 0 Å². The number of hydrogen-bond donors (Lipinski definition) is 1. The Kier molecular flexibility index (Phi) is 8.80. The number of aryl methyl sites for hydroxylation is 1. The van der Waals surface area contributed by atoms with Crippen LogP contribution in [0.15, 0.2) is 23.3 Å². The van der Waals surface area contributed by atoms with Gasteiger partial charge >= 0.3 is 17.1 Å². The molecule has 95 valence electrons. The van der Waals surface area contributed by atoms with Crippen LogP contribution < -0.4 is 5.32 Å². The quantitative estimate of drug-likeness (QED) is 0.229. The Labute approximate surface area is 118 Å². The Morgan fingerprint density at radius 1 is 1.59 bits per heavy atom. The van der Waals surface area contributed by atoms with Crippen LogP contribution in [-0.4, -0.2) is 22.9 Å². The molecule has 1 radical (unpaired) electrons. The predicted molar refractivity (Wildman–Crippen MR) is 72.0 cm³/mol. The predicted octanol–water partition coefficient (Wildman–Crippen LogP) is 1.46. The molecule has 0 saturated heterocycles. The molecule has 1 N–H and O–H groups in total. The Morgan fingerprint density at radius 3 is 3.00 bits per heavy atom. The van der Waals surface area contributed by atoms with E-state index >= 15 is 0 Å². The van der Waals surface area contributed by atoms with Gasteiger partial charge in [-0.3, -0.25) is 10.3 Å². The Balaban J connectivity index is 0.00000256. The summed E-state index contributed by atoms with van der Waals surface area (Å²) in [4.78, 5) is 4.27. The first-order valence-corrected chi connectivity index (χ1v) is 5.64. The number of nitrogens with one attached hydrogen (secondary N) is 1. The summed E-state index contributed by atoms with van der Waals surface area (Å²) in [6, 6.07) is 5.75. The second kappa shape index (κ2) is 9.24.